The molecule has 152 valence electrons. The third kappa shape index (κ3) is 6.44. The molecule has 0 aliphatic heterocycles. The molecular formula is C21H27NO5S. The summed E-state index contributed by atoms with van der Waals surface area (Å²) < 4.78 is 36.0. The van der Waals surface area contributed by atoms with Crippen LogP contribution in [0.25, 0.3) is 0 Å². The Morgan fingerprint density at radius 3 is 2.14 bits per heavy atom. The zero-order chi connectivity index (χ0) is 20.9. The van der Waals surface area contributed by atoms with E-state index < -0.39 is 33.8 Å². The SMILES string of the molecule is Cc1ccc(S(=O)(=O)O[C@H](C(=O)OC(C)(C)C)[C@@H](N)Cc2ccccc2)cc1. The maximum atomic E-state index is 12.7. The van der Waals surface area contributed by atoms with Crippen molar-refractivity contribution in [3.05, 3.63) is 65.7 Å². The third-order valence-electron chi connectivity index (χ3n) is 3.88. The lowest BCUT2D eigenvalue weighted by Gasteiger charge is -2.27. The van der Waals surface area contributed by atoms with E-state index >= 15 is 0 Å². The van der Waals surface area contributed by atoms with E-state index in [1.54, 1.807) is 32.9 Å². The number of rotatable bonds is 7. The quantitative estimate of drug-likeness (QED) is 0.562. The van der Waals surface area contributed by atoms with Crippen molar-refractivity contribution < 1.29 is 22.1 Å². The predicted octanol–water partition coefficient (Wildman–Crippen LogP) is 2.98. The summed E-state index contributed by atoms with van der Waals surface area (Å²) in [5, 5.41) is 0. The predicted molar refractivity (Wildman–Crippen MR) is 107 cm³/mol. The van der Waals surface area contributed by atoms with Gasteiger partial charge in [0.15, 0.2) is 6.10 Å². The maximum absolute atomic E-state index is 12.7. The van der Waals surface area contributed by atoms with Crippen molar-refractivity contribution in [2.75, 3.05) is 0 Å². The number of carbonyl (C=O) groups excluding carboxylic acids is 1. The van der Waals surface area contributed by atoms with Gasteiger partial charge in [-0.1, -0.05) is 48.0 Å². The van der Waals surface area contributed by atoms with Gasteiger partial charge in [0.2, 0.25) is 0 Å². The first-order valence-electron chi connectivity index (χ1n) is 9.00. The average Bonchev–Trinajstić information content (AvgIpc) is 2.59. The molecule has 0 fully saturated rings. The van der Waals surface area contributed by atoms with Crippen LogP contribution in [-0.4, -0.2) is 32.1 Å². The van der Waals surface area contributed by atoms with Gasteiger partial charge in [-0.25, -0.2) is 8.98 Å². The number of hydrogen-bond donors (Lipinski definition) is 1. The Kier molecular flexibility index (Phi) is 6.98. The number of hydrogen-bond acceptors (Lipinski definition) is 6. The molecule has 0 saturated heterocycles. The summed E-state index contributed by atoms with van der Waals surface area (Å²) in [4.78, 5) is 12.6. The second-order valence-corrected chi connectivity index (χ2v) is 9.24. The summed E-state index contributed by atoms with van der Waals surface area (Å²) in [7, 11) is -4.19. The first-order chi connectivity index (χ1) is 13.0. The summed E-state index contributed by atoms with van der Waals surface area (Å²) >= 11 is 0. The monoisotopic (exact) mass is 405 g/mol. The fraction of sp³-hybridized carbons (Fsp3) is 0.381. The highest BCUT2D eigenvalue weighted by molar-refractivity contribution is 7.86. The van der Waals surface area contributed by atoms with Crippen LogP contribution in [0.2, 0.25) is 0 Å². The van der Waals surface area contributed by atoms with Crippen molar-refractivity contribution in [2.24, 2.45) is 5.73 Å². The van der Waals surface area contributed by atoms with Crippen LogP contribution in [0.1, 0.15) is 31.9 Å². The summed E-state index contributed by atoms with van der Waals surface area (Å²) in [6.07, 6.45) is -1.21. The molecule has 0 aliphatic rings. The van der Waals surface area contributed by atoms with E-state index in [2.05, 4.69) is 0 Å². The highest BCUT2D eigenvalue weighted by Gasteiger charge is 2.36. The van der Waals surface area contributed by atoms with Crippen LogP contribution >= 0.6 is 0 Å². The molecule has 0 amide bonds. The normalized spacial score (nSPS) is 14.3. The Labute approximate surface area is 166 Å². The van der Waals surface area contributed by atoms with Crippen molar-refractivity contribution in [3.63, 3.8) is 0 Å². The first kappa shape index (κ1) is 22.1. The number of carbonyl (C=O) groups is 1. The molecule has 0 unspecified atom stereocenters. The fourth-order valence-corrected chi connectivity index (χ4v) is 3.61. The second kappa shape index (κ2) is 8.86. The van der Waals surface area contributed by atoms with Crippen molar-refractivity contribution in [1.29, 1.82) is 0 Å². The smallest absolute Gasteiger partial charge is 0.339 e. The largest absolute Gasteiger partial charge is 0.458 e. The Hall–Kier alpha value is -2.22. The minimum atomic E-state index is -4.19. The Balaban J connectivity index is 2.29. The van der Waals surface area contributed by atoms with Crippen LogP contribution in [0.5, 0.6) is 0 Å². The first-order valence-corrected chi connectivity index (χ1v) is 10.4. The van der Waals surface area contributed by atoms with Gasteiger partial charge < -0.3 is 10.5 Å². The molecule has 0 aliphatic carbocycles. The highest BCUT2D eigenvalue weighted by atomic mass is 32.2. The van der Waals surface area contributed by atoms with Crippen LogP contribution in [0.15, 0.2) is 59.5 Å². The molecule has 0 bridgehead atoms. The van der Waals surface area contributed by atoms with E-state index in [1.807, 2.05) is 37.3 Å². The van der Waals surface area contributed by atoms with Gasteiger partial charge in [0.1, 0.15) is 5.60 Å². The molecule has 6 nitrogen and oxygen atoms in total. The highest BCUT2D eigenvalue weighted by Crippen LogP contribution is 2.20. The lowest BCUT2D eigenvalue weighted by atomic mass is 10.0. The minimum Gasteiger partial charge on any atom is -0.458 e. The summed E-state index contributed by atoms with van der Waals surface area (Å²) in [6.45, 7) is 6.92. The van der Waals surface area contributed by atoms with Crippen LogP contribution in [0, 0.1) is 6.92 Å². The van der Waals surface area contributed by atoms with Crippen molar-refractivity contribution in [1.82, 2.24) is 0 Å². The lowest BCUT2D eigenvalue weighted by molar-refractivity contribution is -0.164. The van der Waals surface area contributed by atoms with E-state index in [-0.39, 0.29) is 11.3 Å². The molecule has 28 heavy (non-hydrogen) atoms. The van der Waals surface area contributed by atoms with Crippen LogP contribution in [0.4, 0.5) is 0 Å². The molecule has 2 aromatic carbocycles. The van der Waals surface area contributed by atoms with Gasteiger partial charge in [0, 0.05) is 6.04 Å². The molecule has 0 spiro atoms. The minimum absolute atomic E-state index is 0.0430. The topological polar surface area (TPSA) is 95.7 Å². The average molecular weight is 406 g/mol. The van der Waals surface area contributed by atoms with E-state index in [9.17, 15) is 13.2 Å². The molecule has 0 aromatic heterocycles. The van der Waals surface area contributed by atoms with Gasteiger partial charge in [-0.3, -0.25) is 0 Å². The molecular weight excluding hydrogens is 378 g/mol. The van der Waals surface area contributed by atoms with Crippen molar-refractivity contribution >= 4 is 16.1 Å². The molecule has 2 rings (SSSR count). The van der Waals surface area contributed by atoms with Gasteiger partial charge in [-0.2, -0.15) is 8.42 Å². The van der Waals surface area contributed by atoms with Crippen LogP contribution < -0.4 is 5.73 Å². The van der Waals surface area contributed by atoms with Gasteiger partial charge in [-0.15, -0.1) is 0 Å². The third-order valence-corrected chi connectivity index (χ3v) is 5.19. The van der Waals surface area contributed by atoms with E-state index in [0.29, 0.717) is 0 Å². The molecule has 0 heterocycles. The fourth-order valence-electron chi connectivity index (χ4n) is 2.54. The van der Waals surface area contributed by atoms with E-state index in [4.69, 9.17) is 14.7 Å². The van der Waals surface area contributed by atoms with E-state index in [0.717, 1.165) is 11.1 Å². The molecule has 2 atom stereocenters. The van der Waals surface area contributed by atoms with Crippen LogP contribution in [-0.2, 0) is 30.3 Å². The summed E-state index contributed by atoms with van der Waals surface area (Å²) in [6, 6.07) is 14.5. The molecule has 0 saturated carbocycles. The number of benzene rings is 2. The van der Waals surface area contributed by atoms with Gasteiger partial charge >= 0.3 is 5.97 Å². The zero-order valence-corrected chi connectivity index (χ0v) is 17.4. The summed E-state index contributed by atoms with van der Waals surface area (Å²) in [5.74, 6) is -0.813. The van der Waals surface area contributed by atoms with Crippen molar-refractivity contribution in [2.45, 2.75) is 56.8 Å². The molecule has 7 heteroatoms. The molecule has 0 radical (unpaired) electrons. The van der Waals surface area contributed by atoms with Crippen molar-refractivity contribution in [3.8, 4) is 0 Å². The van der Waals surface area contributed by atoms with Gasteiger partial charge in [0.25, 0.3) is 10.1 Å². The Bertz CT molecular complexity index is 887. The standard InChI is InChI=1S/C21H27NO5S/c1-15-10-12-17(13-11-15)28(24,25)27-19(20(23)26-21(2,3)4)18(22)14-16-8-6-5-7-9-16/h5-13,18-19H,14,22H2,1-4H3/t18-,19-/m0/s1. The zero-order valence-electron chi connectivity index (χ0n) is 16.6. The Morgan fingerprint density at radius 1 is 1.04 bits per heavy atom. The number of nitrogens with two attached hydrogens (primary N) is 1. The Morgan fingerprint density at radius 2 is 1.61 bits per heavy atom. The van der Waals surface area contributed by atoms with Gasteiger partial charge in [-0.05, 0) is 51.8 Å². The summed E-state index contributed by atoms with van der Waals surface area (Å²) in [5.41, 5.74) is 7.15. The molecule has 2 N–H and O–H groups in total. The van der Waals surface area contributed by atoms with Crippen LogP contribution in [0.3, 0.4) is 0 Å². The van der Waals surface area contributed by atoms with E-state index in [1.165, 1.54) is 12.1 Å². The number of aryl methyl sites for hydroxylation is 1. The van der Waals surface area contributed by atoms with Gasteiger partial charge in [0.05, 0.1) is 4.90 Å². The lowest BCUT2D eigenvalue weighted by Crippen LogP contribution is -2.47. The molecule has 2 aromatic rings. The second-order valence-electron chi connectivity index (χ2n) is 7.67. The maximum Gasteiger partial charge on any atom is 0.339 e. The number of esters is 1. The number of ether oxygens (including phenoxy) is 1.